The van der Waals surface area contributed by atoms with Crippen molar-refractivity contribution in [3.8, 4) is 0 Å². The van der Waals surface area contributed by atoms with Gasteiger partial charge in [0.1, 0.15) is 6.10 Å². The first-order chi connectivity index (χ1) is 8.11. The minimum atomic E-state index is -1.01. The number of thioether (sulfide) groups is 1. The number of hydrogen-bond acceptors (Lipinski definition) is 7. The Kier molecular flexibility index (Phi) is 4.03. The zero-order chi connectivity index (χ0) is 12.3. The Balaban J connectivity index is 2.00. The van der Waals surface area contributed by atoms with Gasteiger partial charge in [-0.25, -0.2) is 0 Å². The standard InChI is InChI=1S/C10H17N3O3S/c1-10(14,6-11)4-8-12-9(13-16-8)7-5-17-3-2-15-7/h7,14H,2-6,11H2,1H3. The van der Waals surface area contributed by atoms with Crippen molar-refractivity contribution in [2.24, 2.45) is 5.73 Å². The monoisotopic (exact) mass is 259 g/mol. The van der Waals surface area contributed by atoms with Gasteiger partial charge in [0, 0.05) is 18.1 Å². The molecule has 0 aromatic carbocycles. The molecule has 0 aliphatic carbocycles. The molecule has 1 aliphatic heterocycles. The first-order valence-corrected chi connectivity index (χ1v) is 6.70. The van der Waals surface area contributed by atoms with Gasteiger partial charge in [0.2, 0.25) is 11.7 Å². The predicted molar refractivity (Wildman–Crippen MR) is 63.7 cm³/mol. The van der Waals surface area contributed by atoms with Gasteiger partial charge < -0.3 is 20.1 Å². The van der Waals surface area contributed by atoms with E-state index in [9.17, 15) is 5.11 Å². The summed E-state index contributed by atoms with van der Waals surface area (Å²) >= 11 is 1.81. The van der Waals surface area contributed by atoms with Crippen molar-refractivity contribution in [2.75, 3.05) is 24.7 Å². The quantitative estimate of drug-likeness (QED) is 0.793. The van der Waals surface area contributed by atoms with Crippen LogP contribution in [0.25, 0.3) is 0 Å². The third-order valence-corrected chi connectivity index (χ3v) is 3.55. The SMILES string of the molecule is CC(O)(CN)Cc1nc(C2CSCCO2)no1. The van der Waals surface area contributed by atoms with Gasteiger partial charge in [0.25, 0.3) is 0 Å². The molecule has 0 saturated carbocycles. The van der Waals surface area contributed by atoms with Crippen LogP contribution in [-0.2, 0) is 11.2 Å². The number of aliphatic hydroxyl groups is 1. The normalized spacial score (nSPS) is 24.5. The molecule has 96 valence electrons. The molecule has 0 spiro atoms. The maximum absolute atomic E-state index is 9.81. The molecule has 2 unspecified atom stereocenters. The van der Waals surface area contributed by atoms with Crippen LogP contribution in [0.3, 0.4) is 0 Å². The van der Waals surface area contributed by atoms with Gasteiger partial charge in [0.05, 0.1) is 18.6 Å². The van der Waals surface area contributed by atoms with Crippen LogP contribution in [0.5, 0.6) is 0 Å². The van der Waals surface area contributed by atoms with Crippen molar-refractivity contribution in [2.45, 2.75) is 25.0 Å². The van der Waals surface area contributed by atoms with Crippen LogP contribution in [0.4, 0.5) is 0 Å². The fraction of sp³-hybridized carbons (Fsp3) is 0.800. The molecule has 2 heterocycles. The Hall–Kier alpha value is -0.630. The lowest BCUT2D eigenvalue weighted by Gasteiger charge is -2.19. The van der Waals surface area contributed by atoms with E-state index in [0.29, 0.717) is 18.3 Å². The summed E-state index contributed by atoms with van der Waals surface area (Å²) in [6, 6.07) is 0. The maximum Gasteiger partial charge on any atom is 0.229 e. The molecular weight excluding hydrogens is 242 g/mol. The fourth-order valence-corrected chi connectivity index (χ4v) is 2.35. The summed E-state index contributed by atoms with van der Waals surface area (Å²) < 4.78 is 10.6. The second kappa shape index (κ2) is 5.34. The molecule has 1 fully saturated rings. The number of ether oxygens (including phenoxy) is 1. The van der Waals surface area contributed by atoms with E-state index in [0.717, 1.165) is 11.5 Å². The van der Waals surface area contributed by atoms with E-state index in [2.05, 4.69) is 10.1 Å². The van der Waals surface area contributed by atoms with Crippen molar-refractivity contribution in [1.29, 1.82) is 0 Å². The van der Waals surface area contributed by atoms with E-state index in [-0.39, 0.29) is 19.1 Å². The summed E-state index contributed by atoms with van der Waals surface area (Å²) in [5, 5.41) is 13.7. The van der Waals surface area contributed by atoms with Gasteiger partial charge in [-0.3, -0.25) is 0 Å². The maximum atomic E-state index is 9.81. The highest BCUT2D eigenvalue weighted by atomic mass is 32.2. The van der Waals surface area contributed by atoms with Crippen molar-refractivity contribution in [1.82, 2.24) is 10.1 Å². The molecule has 3 N–H and O–H groups in total. The smallest absolute Gasteiger partial charge is 0.229 e. The summed E-state index contributed by atoms with van der Waals surface area (Å²) in [7, 11) is 0. The van der Waals surface area contributed by atoms with Gasteiger partial charge >= 0.3 is 0 Å². The summed E-state index contributed by atoms with van der Waals surface area (Å²) in [4.78, 5) is 4.24. The van der Waals surface area contributed by atoms with Crippen LogP contribution < -0.4 is 5.73 Å². The van der Waals surface area contributed by atoms with E-state index >= 15 is 0 Å². The van der Waals surface area contributed by atoms with Gasteiger partial charge in [0.15, 0.2) is 0 Å². The van der Waals surface area contributed by atoms with E-state index in [1.807, 2.05) is 11.8 Å². The van der Waals surface area contributed by atoms with Crippen molar-refractivity contribution in [3.05, 3.63) is 11.7 Å². The van der Waals surface area contributed by atoms with E-state index in [1.54, 1.807) is 6.92 Å². The Bertz CT molecular complexity index is 363. The summed E-state index contributed by atoms with van der Waals surface area (Å²) in [6.45, 7) is 2.50. The van der Waals surface area contributed by atoms with Gasteiger partial charge in [-0.1, -0.05) is 5.16 Å². The van der Waals surface area contributed by atoms with E-state index in [1.165, 1.54) is 0 Å². The number of nitrogens with two attached hydrogens (primary N) is 1. The number of aromatic nitrogens is 2. The summed E-state index contributed by atoms with van der Waals surface area (Å²) in [5.41, 5.74) is 4.43. The highest BCUT2D eigenvalue weighted by Crippen LogP contribution is 2.24. The molecule has 0 bridgehead atoms. The molecule has 2 rings (SSSR count). The highest BCUT2D eigenvalue weighted by Gasteiger charge is 2.26. The topological polar surface area (TPSA) is 94.4 Å². The van der Waals surface area contributed by atoms with Crippen LogP contribution in [0.15, 0.2) is 4.52 Å². The number of nitrogens with zero attached hydrogens (tertiary/aromatic N) is 2. The Labute approximate surface area is 104 Å². The van der Waals surface area contributed by atoms with Crippen LogP contribution in [0.2, 0.25) is 0 Å². The number of hydrogen-bond donors (Lipinski definition) is 2. The molecule has 1 aromatic heterocycles. The largest absolute Gasteiger partial charge is 0.388 e. The minimum absolute atomic E-state index is 0.103. The Morgan fingerprint density at radius 3 is 3.12 bits per heavy atom. The molecule has 17 heavy (non-hydrogen) atoms. The van der Waals surface area contributed by atoms with E-state index in [4.69, 9.17) is 15.0 Å². The molecule has 6 nitrogen and oxygen atoms in total. The van der Waals surface area contributed by atoms with E-state index < -0.39 is 5.60 Å². The first-order valence-electron chi connectivity index (χ1n) is 5.55. The number of rotatable bonds is 4. The third-order valence-electron chi connectivity index (χ3n) is 2.56. The molecule has 1 aromatic rings. The lowest BCUT2D eigenvalue weighted by molar-refractivity contribution is 0.0609. The zero-order valence-electron chi connectivity index (χ0n) is 9.76. The second-order valence-corrected chi connectivity index (χ2v) is 5.51. The van der Waals surface area contributed by atoms with Crippen LogP contribution in [0, 0.1) is 0 Å². The lowest BCUT2D eigenvalue weighted by atomic mass is 10.0. The molecule has 1 aliphatic rings. The Morgan fingerprint density at radius 1 is 1.65 bits per heavy atom. The third kappa shape index (κ3) is 3.41. The molecular formula is C10H17N3O3S. The van der Waals surface area contributed by atoms with Crippen LogP contribution >= 0.6 is 11.8 Å². The summed E-state index contributed by atoms with van der Waals surface area (Å²) in [6.07, 6.45) is 0.158. The lowest BCUT2D eigenvalue weighted by Crippen LogP contribution is -2.36. The van der Waals surface area contributed by atoms with Crippen molar-refractivity contribution in [3.63, 3.8) is 0 Å². The highest BCUT2D eigenvalue weighted by molar-refractivity contribution is 7.99. The van der Waals surface area contributed by atoms with Gasteiger partial charge in [-0.05, 0) is 6.92 Å². The average molecular weight is 259 g/mol. The van der Waals surface area contributed by atoms with Crippen molar-refractivity contribution < 1.29 is 14.4 Å². The van der Waals surface area contributed by atoms with Gasteiger partial charge in [-0.2, -0.15) is 16.7 Å². The zero-order valence-corrected chi connectivity index (χ0v) is 10.6. The molecule has 0 amide bonds. The van der Waals surface area contributed by atoms with Crippen LogP contribution in [-0.4, -0.2) is 45.5 Å². The molecule has 2 atom stereocenters. The molecule has 0 radical (unpaired) electrons. The molecule has 1 saturated heterocycles. The second-order valence-electron chi connectivity index (χ2n) is 4.36. The van der Waals surface area contributed by atoms with Crippen molar-refractivity contribution >= 4 is 11.8 Å². The molecule has 7 heteroatoms. The Morgan fingerprint density at radius 2 is 2.47 bits per heavy atom. The van der Waals surface area contributed by atoms with Gasteiger partial charge in [-0.15, -0.1) is 0 Å². The fourth-order valence-electron chi connectivity index (χ4n) is 1.51. The average Bonchev–Trinajstić information content (AvgIpc) is 2.78. The summed E-state index contributed by atoms with van der Waals surface area (Å²) in [5.74, 6) is 2.80. The predicted octanol–water partition coefficient (Wildman–Crippen LogP) is 0.126. The minimum Gasteiger partial charge on any atom is -0.388 e. The van der Waals surface area contributed by atoms with Crippen LogP contribution in [0.1, 0.15) is 24.7 Å². The first kappa shape index (κ1) is 12.8.